The lowest BCUT2D eigenvalue weighted by molar-refractivity contribution is -0.152. The number of sulfonamides is 1. The molecule has 1 aromatic rings. The van der Waals surface area contributed by atoms with Gasteiger partial charge >= 0.3 is 0 Å². The van der Waals surface area contributed by atoms with Crippen molar-refractivity contribution >= 4 is 33.3 Å². The predicted octanol–water partition coefficient (Wildman–Crippen LogP) is 3.74. The van der Waals surface area contributed by atoms with Crippen LogP contribution in [0.1, 0.15) is 63.4 Å². The van der Waals surface area contributed by atoms with Crippen LogP contribution in [-0.2, 0) is 19.6 Å². The third-order valence-corrected chi connectivity index (χ3v) is 11.1. The van der Waals surface area contributed by atoms with Gasteiger partial charge in [-0.25, -0.2) is 8.42 Å². The zero-order chi connectivity index (χ0) is 22.9. The number of halogens is 1. The van der Waals surface area contributed by atoms with E-state index in [-0.39, 0.29) is 27.9 Å². The minimum Gasteiger partial charge on any atom is -0.369 e. The summed E-state index contributed by atoms with van der Waals surface area (Å²) in [4.78, 5) is 25.9. The number of primary amides is 1. The molecular weight excluding hydrogens is 448 g/mol. The fourth-order valence-electron chi connectivity index (χ4n) is 7.33. The van der Waals surface area contributed by atoms with Crippen LogP contribution < -0.4 is 10.5 Å². The van der Waals surface area contributed by atoms with Crippen LogP contribution in [0, 0.1) is 36.0 Å². The third kappa shape index (κ3) is 3.43. The van der Waals surface area contributed by atoms with Gasteiger partial charge in [-0.3, -0.25) is 9.59 Å². The Morgan fingerprint density at radius 1 is 1.16 bits per heavy atom. The lowest BCUT2D eigenvalue weighted by atomic mass is 9.45. The van der Waals surface area contributed by atoms with E-state index in [0.717, 1.165) is 38.5 Å². The highest BCUT2D eigenvalue weighted by atomic mass is 35.5. The van der Waals surface area contributed by atoms with Crippen molar-refractivity contribution in [2.45, 2.75) is 75.1 Å². The van der Waals surface area contributed by atoms with Crippen LogP contribution in [0.3, 0.4) is 0 Å². The summed E-state index contributed by atoms with van der Waals surface area (Å²) in [5.74, 6) is 1.25. The molecule has 3 N–H and O–H groups in total. The summed E-state index contributed by atoms with van der Waals surface area (Å²) in [6.07, 6.45) is 6.86. The molecule has 2 unspecified atom stereocenters. The fourth-order valence-corrected chi connectivity index (χ4v) is 9.28. The van der Waals surface area contributed by atoms with Crippen LogP contribution in [0.25, 0.3) is 0 Å². The summed E-state index contributed by atoms with van der Waals surface area (Å²) in [7, 11) is -3.88. The molecule has 4 bridgehead atoms. The number of nitrogens with one attached hydrogen (secondary N) is 1. The highest BCUT2D eigenvalue weighted by Crippen LogP contribution is 2.63. The molecule has 0 radical (unpaired) electrons. The van der Waals surface area contributed by atoms with Crippen molar-refractivity contribution in [3.8, 4) is 0 Å². The van der Waals surface area contributed by atoms with Crippen LogP contribution in [-0.4, -0.2) is 25.6 Å². The van der Waals surface area contributed by atoms with Gasteiger partial charge in [-0.15, -0.1) is 0 Å². The van der Waals surface area contributed by atoms with Crippen molar-refractivity contribution in [2.75, 3.05) is 0 Å². The molecule has 0 aliphatic heterocycles. The Morgan fingerprint density at radius 2 is 1.81 bits per heavy atom. The van der Waals surface area contributed by atoms with Gasteiger partial charge in [0.1, 0.15) is 0 Å². The molecule has 5 aliphatic rings. The SMILES string of the molecule is Cc1c(Cl)cccc1S(=O)(=O)NC1(C(=O)CC2C3CC4CC2CC(C(N)=O)(C4)C3)CCC1. The van der Waals surface area contributed by atoms with E-state index in [1.807, 2.05) is 0 Å². The van der Waals surface area contributed by atoms with E-state index in [1.165, 1.54) is 6.07 Å². The molecule has 0 saturated heterocycles. The minimum atomic E-state index is -3.88. The van der Waals surface area contributed by atoms with Crippen LogP contribution >= 0.6 is 11.6 Å². The predicted molar refractivity (Wildman–Crippen MR) is 121 cm³/mol. The average Bonchev–Trinajstić information content (AvgIpc) is 2.68. The van der Waals surface area contributed by atoms with Crippen molar-refractivity contribution in [1.29, 1.82) is 0 Å². The summed E-state index contributed by atoms with van der Waals surface area (Å²) in [6.45, 7) is 1.68. The highest BCUT2D eigenvalue weighted by Gasteiger charge is 2.59. The van der Waals surface area contributed by atoms with Gasteiger partial charge in [-0.1, -0.05) is 17.7 Å². The van der Waals surface area contributed by atoms with Crippen molar-refractivity contribution < 1.29 is 18.0 Å². The van der Waals surface area contributed by atoms with Crippen LogP contribution in [0.4, 0.5) is 0 Å². The molecular formula is C24H31ClN2O4S. The van der Waals surface area contributed by atoms with Gasteiger partial charge in [0.15, 0.2) is 5.78 Å². The van der Waals surface area contributed by atoms with E-state index in [2.05, 4.69) is 4.72 Å². The molecule has 32 heavy (non-hydrogen) atoms. The van der Waals surface area contributed by atoms with Gasteiger partial charge in [0.25, 0.3) is 0 Å². The normalized spacial score (nSPS) is 34.8. The van der Waals surface area contributed by atoms with Gasteiger partial charge in [0.05, 0.1) is 10.4 Å². The molecule has 8 heteroatoms. The molecule has 5 fully saturated rings. The first kappa shape index (κ1) is 22.4. The average molecular weight is 479 g/mol. The van der Waals surface area contributed by atoms with E-state index in [9.17, 15) is 18.0 Å². The molecule has 0 heterocycles. The fraction of sp³-hybridized carbons (Fsp3) is 0.667. The molecule has 5 aliphatic carbocycles. The van der Waals surface area contributed by atoms with Crippen LogP contribution in [0.2, 0.25) is 5.02 Å². The van der Waals surface area contributed by atoms with Gasteiger partial charge in [-0.2, -0.15) is 4.72 Å². The van der Waals surface area contributed by atoms with E-state index < -0.39 is 15.6 Å². The maximum Gasteiger partial charge on any atom is 0.241 e. The number of amides is 1. The number of carbonyl (C=O) groups is 2. The first-order valence-corrected chi connectivity index (χ1v) is 13.5. The molecule has 0 spiro atoms. The number of benzene rings is 1. The second kappa shape index (κ2) is 7.54. The molecule has 6 rings (SSSR count). The van der Waals surface area contributed by atoms with E-state index in [4.69, 9.17) is 17.3 Å². The summed E-state index contributed by atoms with van der Waals surface area (Å²) < 4.78 is 29.2. The van der Waals surface area contributed by atoms with E-state index in [0.29, 0.717) is 47.6 Å². The van der Waals surface area contributed by atoms with E-state index in [1.54, 1.807) is 19.1 Å². The Bertz CT molecular complexity index is 1070. The highest BCUT2D eigenvalue weighted by molar-refractivity contribution is 7.89. The number of carbonyl (C=O) groups excluding carboxylic acids is 2. The lowest BCUT2D eigenvalue weighted by Gasteiger charge is -2.59. The summed E-state index contributed by atoms with van der Waals surface area (Å²) in [5.41, 5.74) is 4.88. The van der Waals surface area contributed by atoms with Crippen molar-refractivity contribution in [3.63, 3.8) is 0 Å². The molecule has 0 aromatic heterocycles. The monoisotopic (exact) mass is 478 g/mol. The standard InChI is InChI=1S/C24H31ClN2O4S/c1-14-19(25)4-2-5-20(14)32(30,31)27-24(6-3-7-24)21(28)10-18-16-8-15-9-17(18)13-23(11-15,12-16)22(26)29/h2,4-5,15-18,27H,3,6-13H2,1H3,(H2,26,29). The van der Waals surface area contributed by atoms with Crippen molar-refractivity contribution in [1.82, 2.24) is 4.72 Å². The number of nitrogens with two attached hydrogens (primary N) is 1. The molecule has 1 aromatic carbocycles. The molecule has 5 saturated carbocycles. The topological polar surface area (TPSA) is 106 Å². The Balaban J connectivity index is 1.35. The Morgan fingerprint density at radius 3 is 2.38 bits per heavy atom. The first-order valence-electron chi connectivity index (χ1n) is 11.7. The van der Waals surface area contributed by atoms with Crippen LogP contribution in [0.5, 0.6) is 0 Å². The summed E-state index contributed by atoms with van der Waals surface area (Å²) >= 11 is 6.14. The third-order valence-electron chi connectivity index (χ3n) is 8.99. The van der Waals surface area contributed by atoms with Gasteiger partial charge in [0.2, 0.25) is 15.9 Å². The molecule has 1 amide bonds. The minimum absolute atomic E-state index is 0.00222. The van der Waals surface area contributed by atoms with Crippen molar-refractivity contribution in [2.24, 2.45) is 34.8 Å². The van der Waals surface area contributed by atoms with Crippen LogP contribution in [0.15, 0.2) is 23.1 Å². The number of Topliss-reactive ketones (excluding diaryl/α,β-unsaturated/α-hetero) is 1. The quantitative estimate of drug-likeness (QED) is 0.622. The number of ketones is 1. The Kier molecular flexibility index (Phi) is 5.27. The Labute approximate surface area is 194 Å². The van der Waals surface area contributed by atoms with Gasteiger partial charge < -0.3 is 5.73 Å². The zero-order valence-electron chi connectivity index (χ0n) is 18.4. The maximum absolute atomic E-state index is 13.6. The summed E-state index contributed by atoms with van der Waals surface area (Å²) in [6, 6.07) is 4.80. The van der Waals surface area contributed by atoms with Gasteiger partial charge in [-0.05, 0) is 99.7 Å². The summed E-state index contributed by atoms with van der Waals surface area (Å²) in [5, 5.41) is 0.388. The number of hydrogen-bond donors (Lipinski definition) is 2. The van der Waals surface area contributed by atoms with Gasteiger partial charge in [0, 0.05) is 16.9 Å². The van der Waals surface area contributed by atoms with E-state index >= 15 is 0 Å². The number of rotatable bonds is 7. The second-order valence-corrected chi connectivity index (χ2v) is 12.9. The molecule has 174 valence electrons. The zero-order valence-corrected chi connectivity index (χ0v) is 20.0. The second-order valence-electron chi connectivity index (χ2n) is 10.8. The largest absolute Gasteiger partial charge is 0.369 e. The molecule has 2 atom stereocenters. The Hall–Kier alpha value is -1.44. The smallest absolute Gasteiger partial charge is 0.241 e. The number of hydrogen-bond acceptors (Lipinski definition) is 4. The maximum atomic E-state index is 13.6. The van der Waals surface area contributed by atoms with Crippen molar-refractivity contribution in [3.05, 3.63) is 28.8 Å². The first-order chi connectivity index (χ1) is 15.1. The lowest BCUT2D eigenvalue weighted by Crippen LogP contribution is -2.61. The molecule has 6 nitrogen and oxygen atoms in total.